The van der Waals surface area contributed by atoms with Crippen LogP contribution in [0.25, 0.3) is 6.08 Å². The third-order valence-electron chi connectivity index (χ3n) is 2.57. The summed E-state index contributed by atoms with van der Waals surface area (Å²) in [6.45, 7) is 0. The van der Waals surface area contributed by atoms with Gasteiger partial charge in [-0.05, 0) is 35.4 Å². The molecule has 0 heterocycles. The Labute approximate surface area is 127 Å². The fourth-order valence-corrected chi connectivity index (χ4v) is 2.83. The van der Waals surface area contributed by atoms with Gasteiger partial charge < -0.3 is 5.11 Å². The maximum absolute atomic E-state index is 10.5. The molecule has 0 aliphatic rings. The first kappa shape index (κ1) is 14.7. The van der Waals surface area contributed by atoms with Gasteiger partial charge in [-0.25, -0.2) is 4.79 Å². The molecule has 0 saturated heterocycles. The number of carboxylic acid groups (broad SMARTS) is 1. The van der Waals surface area contributed by atoms with Crippen molar-refractivity contribution in [2.45, 2.75) is 10.6 Å². The van der Waals surface area contributed by atoms with E-state index in [1.54, 1.807) is 17.8 Å². The highest BCUT2D eigenvalue weighted by atomic mass is 35.5. The molecule has 4 heteroatoms. The molecule has 20 heavy (non-hydrogen) atoms. The molecule has 2 rings (SSSR count). The Balaban J connectivity index is 2.03. The molecule has 0 atom stereocenters. The van der Waals surface area contributed by atoms with E-state index in [0.717, 1.165) is 32.9 Å². The molecule has 2 nitrogen and oxygen atoms in total. The molecular formula is C16H13ClO2S. The molecule has 2 aromatic carbocycles. The molecule has 0 unspecified atom stereocenters. The zero-order chi connectivity index (χ0) is 14.4. The third-order valence-corrected chi connectivity index (χ3v) is 3.87. The third kappa shape index (κ3) is 4.76. The largest absolute Gasteiger partial charge is 0.478 e. The SMILES string of the molecule is O=C(O)C=Cc1cccc(CSc2cccc(Cl)c2)c1. The Hall–Kier alpha value is -1.71. The zero-order valence-electron chi connectivity index (χ0n) is 10.6. The molecule has 0 saturated carbocycles. The highest BCUT2D eigenvalue weighted by Crippen LogP contribution is 2.25. The molecule has 0 spiro atoms. The van der Waals surface area contributed by atoms with E-state index >= 15 is 0 Å². The topological polar surface area (TPSA) is 37.3 Å². The van der Waals surface area contributed by atoms with Gasteiger partial charge in [0.1, 0.15) is 0 Å². The van der Waals surface area contributed by atoms with E-state index in [1.807, 2.05) is 48.5 Å². The van der Waals surface area contributed by atoms with Crippen LogP contribution < -0.4 is 0 Å². The second-order valence-corrected chi connectivity index (χ2v) is 5.65. The Bertz CT molecular complexity index is 638. The second kappa shape index (κ2) is 7.17. The van der Waals surface area contributed by atoms with Crippen molar-refractivity contribution < 1.29 is 9.90 Å². The van der Waals surface area contributed by atoms with Crippen molar-refractivity contribution in [2.24, 2.45) is 0 Å². The zero-order valence-corrected chi connectivity index (χ0v) is 12.2. The molecule has 2 aromatic rings. The van der Waals surface area contributed by atoms with Crippen LogP contribution in [0.2, 0.25) is 5.02 Å². The first-order valence-electron chi connectivity index (χ1n) is 6.02. The first-order chi connectivity index (χ1) is 9.63. The molecule has 1 N–H and O–H groups in total. The number of hydrogen-bond donors (Lipinski definition) is 1. The van der Waals surface area contributed by atoms with Gasteiger partial charge in [0.05, 0.1) is 0 Å². The summed E-state index contributed by atoms with van der Waals surface area (Å²) in [6, 6.07) is 15.5. The second-order valence-electron chi connectivity index (χ2n) is 4.16. The summed E-state index contributed by atoms with van der Waals surface area (Å²) in [5.74, 6) is -0.126. The Morgan fingerprint density at radius 2 is 2.00 bits per heavy atom. The van der Waals surface area contributed by atoms with Crippen LogP contribution in [0.15, 0.2) is 59.5 Å². The number of rotatable bonds is 5. The lowest BCUT2D eigenvalue weighted by Gasteiger charge is -2.03. The Kier molecular flexibility index (Phi) is 5.27. The van der Waals surface area contributed by atoms with Gasteiger partial charge in [0.2, 0.25) is 0 Å². The lowest BCUT2D eigenvalue weighted by atomic mass is 10.1. The van der Waals surface area contributed by atoms with E-state index in [2.05, 4.69) is 0 Å². The lowest BCUT2D eigenvalue weighted by molar-refractivity contribution is -0.131. The van der Waals surface area contributed by atoms with Crippen LogP contribution in [-0.2, 0) is 10.5 Å². The van der Waals surface area contributed by atoms with Crippen molar-refractivity contribution in [3.63, 3.8) is 0 Å². The van der Waals surface area contributed by atoms with E-state index in [1.165, 1.54) is 0 Å². The molecular weight excluding hydrogens is 292 g/mol. The number of hydrogen-bond acceptors (Lipinski definition) is 2. The van der Waals surface area contributed by atoms with Gasteiger partial charge in [0.15, 0.2) is 0 Å². The lowest BCUT2D eigenvalue weighted by Crippen LogP contribution is -1.86. The molecule has 0 fully saturated rings. The quantitative estimate of drug-likeness (QED) is 0.641. The van der Waals surface area contributed by atoms with Crippen LogP contribution in [0, 0.1) is 0 Å². The van der Waals surface area contributed by atoms with Gasteiger partial charge in [-0.3, -0.25) is 0 Å². The smallest absolute Gasteiger partial charge is 0.328 e. The normalized spacial score (nSPS) is 10.8. The maximum Gasteiger partial charge on any atom is 0.328 e. The molecule has 0 aliphatic carbocycles. The summed E-state index contributed by atoms with van der Waals surface area (Å²) in [5, 5.41) is 9.35. The fourth-order valence-electron chi connectivity index (χ4n) is 1.68. The summed E-state index contributed by atoms with van der Waals surface area (Å²) < 4.78 is 0. The average molecular weight is 305 g/mol. The van der Waals surface area contributed by atoms with E-state index in [-0.39, 0.29) is 0 Å². The van der Waals surface area contributed by atoms with Crippen LogP contribution >= 0.6 is 23.4 Å². The summed E-state index contributed by atoms with van der Waals surface area (Å²) in [4.78, 5) is 11.6. The number of carbonyl (C=O) groups is 1. The monoisotopic (exact) mass is 304 g/mol. The molecule has 0 bridgehead atoms. The van der Waals surface area contributed by atoms with Crippen LogP contribution in [0.3, 0.4) is 0 Å². The summed E-state index contributed by atoms with van der Waals surface area (Å²) in [6.07, 6.45) is 2.74. The molecule has 0 aromatic heterocycles. The predicted octanol–water partition coefficient (Wildman–Crippen LogP) is 4.73. The Morgan fingerprint density at radius 1 is 1.20 bits per heavy atom. The Morgan fingerprint density at radius 3 is 2.75 bits per heavy atom. The number of thioether (sulfide) groups is 1. The van der Waals surface area contributed by atoms with Crippen molar-refractivity contribution >= 4 is 35.4 Å². The van der Waals surface area contributed by atoms with Crippen LogP contribution in [-0.4, -0.2) is 11.1 Å². The first-order valence-corrected chi connectivity index (χ1v) is 7.38. The minimum absolute atomic E-state index is 0.730. The van der Waals surface area contributed by atoms with Crippen LogP contribution in [0.5, 0.6) is 0 Å². The van der Waals surface area contributed by atoms with Gasteiger partial charge in [-0.15, -0.1) is 11.8 Å². The van der Waals surface area contributed by atoms with E-state index in [9.17, 15) is 4.79 Å². The van der Waals surface area contributed by atoms with Gasteiger partial charge in [-0.2, -0.15) is 0 Å². The van der Waals surface area contributed by atoms with Crippen LogP contribution in [0.1, 0.15) is 11.1 Å². The van der Waals surface area contributed by atoms with Gasteiger partial charge in [0.25, 0.3) is 0 Å². The van der Waals surface area contributed by atoms with E-state index in [0.29, 0.717) is 0 Å². The molecule has 0 radical (unpaired) electrons. The van der Waals surface area contributed by atoms with Gasteiger partial charge in [0, 0.05) is 21.7 Å². The standard InChI is InChI=1S/C16H13ClO2S/c17-14-5-2-6-15(10-14)20-11-13-4-1-3-12(9-13)7-8-16(18)19/h1-10H,11H2,(H,18,19). The van der Waals surface area contributed by atoms with Crippen molar-refractivity contribution in [1.82, 2.24) is 0 Å². The maximum atomic E-state index is 10.5. The summed E-state index contributed by atoms with van der Waals surface area (Å²) in [7, 11) is 0. The number of aliphatic carboxylic acids is 1. The number of carboxylic acids is 1. The van der Waals surface area contributed by atoms with Crippen molar-refractivity contribution in [3.05, 3.63) is 70.8 Å². The van der Waals surface area contributed by atoms with E-state index in [4.69, 9.17) is 16.7 Å². The van der Waals surface area contributed by atoms with Crippen molar-refractivity contribution in [3.8, 4) is 0 Å². The average Bonchev–Trinajstić information content (AvgIpc) is 2.43. The molecule has 102 valence electrons. The molecule has 0 aliphatic heterocycles. The van der Waals surface area contributed by atoms with Gasteiger partial charge >= 0.3 is 5.97 Å². The minimum atomic E-state index is -0.941. The fraction of sp³-hybridized carbons (Fsp3) is 0.0625. The highest BCUT2D eigenvalue weighted by molar-refractivity contribution is 7.98. The minimum Gasteiger partial charge on any atom is -0.478 e. The molecule has 0 amide bonds. The summed E-state index contributed by atoms with van der Waals surface area (Å²) in [5.41, 5.74) is 2.03. The van der Waals surface area contributed by atoms with Crippen molar-refractivity contribution in [1.29, 1.82) is 0 Å². The van der Waals surface area contributed by atoms with Crippen molar-refractivity contribution in [2.75, 3.05) is 0 Å². The predicted molar refractivity (Wildman–Crippen MR) is 84.1 cm³/mol. The summed E-state index contributed by atoms with van der Waals surface area (Å²) >= 11 is 7.64. The van der Waals surface area contributed by atoms with Gasteiger partial charge in [-0.1, -0.05) is 41.9 Å². The van der Waals surface area contributed by atoms with E-state index < -0.39 is 5.97 Å². The highest BCUT2D eigenvalue weighted by Gasteiger charge is 1.98. The number of halogens is 1. The van der Waals surface area contributed by atoms with Crippen LogP contribution in [0.4, 0.5) is 0 Å². The number of benzene rings is 2.